The molecule has 16 heavy (non-hydrogen) atoms. The molecule has 0 heteroatoms. The second kappa shape index (κ2) is 5.34. The van der Waals surface area contributed by atoms with Gasteiger partial charge in [-0.05, 0) is 28.9 Å². The molecular weight excluding hydrogens is 192 g/mol. The molecule has 0 saturated heterocycles. The lowest BCUT2D eigenvalue weighted by molar-refractivity contribution is 0.464. The highest BCUT2D eigenvalue weighted by Crippen LogP contribution is 2.23. The Morgan fingerprint density at radius 2 is 1.69 bits per heavy atom. The van der Waals surface area contributed by atoms with Crippen molar-refractivity contribution in [3.05, 3.63) is 41.5 Å². The Kier molecular flexibility index (Phi) is 4.35. The molecule has 1 aromatic carbocycles. The van der Waals surface area contributed by atoms with E-state index in [-0.39, 0.29) is 0 Å². The summed E-state index contributed by atoms with van der Waals surface area (Å²) >= 11 is 0. The van der Waals surface area contributed by atoms with E-state index in [0.717, 1.165) is 0 Å². The molecule has 0 atom stereocenters. The van der Waals surface area contributed by atoms with Crippen LogP contribution in [0.5, 0.6) is 0 Å². The third-order valence-electron chi connectivity index (χ3n) is 3.24. The first-order valence-corrected chi connectivity index (χ1v) is 6.24. The van der Waals surface area contributed by atoms with Crippen molar-refractivity contribution in [2.45, 2.75) is 47.0 Å². The van der Waals surface area contributed by atoms with Gasteiger partial charge in [-0.25, -0.2) is 0 Å². The van der Waals surface area contributed by atoms with Crippen molar-refractivity contribution in [2.75, 3.05) is 0 Å². The Labute approximate surface area is 100 Å². The monoisotopic (exact) mass is 216 g/mol. The molecule has 88 valence electrons. The Balaban J connectivity index is 2.76. The van der Waals surface area contributed by atoms with Crippen LogP contribution in [0.15, 0.2) is 30.3 Å². The van der Waals surface area contributed by atoms with Crippen molar-refractivity contribution in [1.82, 2.24) is 0 Å². The molecule has 0 bridgehead atoms. The summed E-state index contributed by atoms with van der Waals surface area (Å²) < 4.78 is 0. The first-order valence-electron chi connectivity index (χ1n) is 6.24. The predicted molar refractivity (Wildman–Crippen MR) is 73.6 cm³/mol. The lowest BCUT2D eigenvalue weighted by atomic mass is 9.89. The highest BCUT2D eigenvalue weighted by atomic mass is 14.1. The summed E-state index contributed by atoms with van der Waals surface area (Å²) in [4.78, 5) is 0. The van der Waals surface area contributed by atoms with E-state index in [0.29, 0.717) is 11.3 Å². The molecule has 0 N–H and O–H groups in total. The standard InChI is InChI=1S/C16H24/c1-6-16(4,5)12-11-14-7-9-15(10-8-14)13(2)3/h7-13H,6H2,1-5H3/b12-11+. The normalized spacial score (nSPS) is 12.6. The number of allylic oxidation sites excluding steroid dienone is 1. The minimum Gasteiger partial charge on any atom is -0.0783 e. The predicted octanol–water partition coefficient (Wildman–Crippen LogP) is 5.26. The van der Waals surface area contributed by atoms with E-state index < -0.39 is 0 Å². The third kappa shape index (κ3) is 3.84. The average molecular weight is 216 g/mol. The summed E-state index contributed by atoms with van der Waals surface area (Å²) in [6.07, 6.45) is 5.71. The minimum atomic E-state index is 0.302. The van der Waals surface area contributed by atoms with Crippen LogP contribution in [0.25, 0.3) is 6.08 Å². The van der Waals surface area contributed by atoms with Crippen LogP contribution in [0.2, 0.25) is 0 Å². The van der Waals surface area contributed by atoms with Gasteiger partial charge < -0.3 is 0 Å². The fourth-order valence-electron chi connectivity index (χ4n) is 1.43. The van der Waals surface area contributed by atoms with Gasteiger partial charge in [-0.3, -0.25) is 0 Å². The van der Waals surface area contributed by atoms with Crippen LogP contribution in [-0.2, 0) is 0 Å². The van der Waals surface area contributed by atoms with Gasteiger partial charge in [0.1, 0.15) is 0 Å². The average Bonchev–Trinajstić information content (AvgIpc) is 2.27. The zero-order valence-corrected chi connectivity index (χ0v) is 11.2. The van der Waals surface area contributed by atoms with Crippen LogP contribution < -0.4 is 0 Å². The maximum absolute atomic E-state index is 2.30. The van der Waals surface area contributed by atoms with Crippen molar-refractivity contribution >= 4 is 6.08 Å². The van der Waals surface area contributed by atoms with Crippen LogP contribution in [-0.4, -0.2) is 0 Å². The lowest BCUT2D eigenvalue weighted by Crippen LogP contribution is -2.03. The molecule has 0 aliphatic carbocycles. The van der Waals surface area contributed by atoms with Crippen molar-refractivity contribution in [1.29, 1.82) is 0 Å². The quantitative estimate of drug-likeness (QED) is 0.644. The Hall–Kier alpha value is -1.04. The summed E-state index contributed by atoms with van der Waals surface area (Å²) in [5, 5.41) is 0. The van der Waals surface area contributed by atoms with E-state index >= 15 is 0 Å². The molecule has 0 amide bonds. The fourth-order valence-corrected chi connectivity index (χ4v) is 1.43. The first kappa shape index (κ1) is 13.0. The van der Waals surface area contributed by atoms with Gasteiger partial charge in [0.05, 0.1) is 0 Å². The van der Waals surface area contributed by atoms with E-state index in [4.69, 9.17) is 0 Å². The maximum atomic E-state index is 2.30. The second-order valence-electron chi connectivity index (χ2n) is 5.50. The molecule has 0 fully saturated rings. The molecule has 1 aromatic rings. The Morgan fingerprint density at radius 1 is 1.12 bits per heavy atom. The number of rotatable bonds is 4. The number of hydrogen-bond acceptors (Lipinski definition) is 0. The molecule has 1 rings (SSSR count). The summed E-state index contributed by atoms with van der Waals surface area (Å²) in [5.74, 6) is 0.616. The van der Waals surface area contributed by atoms with E-state index in [1.54, 1.807) is 0 Å². The van der Waals surface area contributed by atoms with Crippen LogP contribution >= 0.6 is 0 Å². The summed E-state index contributed by atoms with van der Waals surface area (Å²) in [7, 11) is 0. The van der Waals surface area contributed by atoms with E-state index in [1.807, 2.05) is 0 Å². The SMILES string of the molecule is CCC(C)(C)/C=C/c1ccc(C(C)C)cc1. The molecular formula is C16H24. The van der Waals surface area contributed by atoms with Gasteiger partial charge in [0.25, 0.3) is 0 Å². The minimum absolute atomic E-state index is 0.302. The molecule has 0 saturated carbocycles. The molecule has 0 radical (unpaired) electrons. The summed E-state index contributed by atoms with van der Waals surface area (Å²) in [5.41, 5.74) is 3.01. The van der Waals surface area contributed by atoms with E-state index in [2.05, 4.69) is 71.0 Å². The van der Waals surface area contributed by atoms with Crippen LogP contribution in [0, 0.1) is 5.41 Å². The lowest BCUT2D eigenvalue weighted by Gasteiger charge is -2.16. The van der Waals surface area contributed by atoms with Crippen LogP contribution in [0.4, 0.5) is 0 Å². The fraction of sp³-hybridized carbons (Fsp3) is 0.500. The molecule has 0 aliphatic heterocycles. The molecule has 0 nitrogen and oxygen atoms in total. The molecule has 0 spiro atoms. The van der Waals surface area contributed by atoms with Gasteiger partial charge in [0.15, 0.2) is 0 Å². The highest BCUT2D eigenvalue weighted by molar-refractivity contribution is 5.50. The van der Waals surface area contributed by atoms with Crippen molar-refractivity contribution in [2.24, 2.45) is 5.41 Å². The Bertz CT molecular complexity index is 339. The van der Waals surface area contributed by atoms with Crippen molar-refractivity contribution in [3.63, 3.8) is 0 Å². The van der Waals surface area contributed by atoms with E-state index in [1.165, 1.54) is 17.5 Å². The molecule has 0 aliphatic rings. The summed E-state index contributed by atoms with van der Waals surface area (Å²) in [6, 6.07) is 8.86. The highest BCUT2D eigenvalue weighted by Gasteiger charge is 2.09. The second-order valence-corrected chi connectivity index (χ2v) is 5.50. The van der Waals surface area contributed by atoms with Crippen molar-refractivity contribution < 1.29 is 0 Å². The van der Waals surface area contributed by atoms with Gasteiger partial charge in [0.2, 0.25) is 0 Å². The topological polar surface area (TPSA) is 0 Å². The zero-order chi connectivity index (χ0) is 12.2. The number of hydrogen-bond donors (Lipinski definition) is 0. The smallest absolute Gasteiger partial charge is 0.0174 e. The maximum Gasteiger partial charge on any atom is -0.0174 e. The first-order chi connectivity index (χ1) is 7.44. The zero-order valence-electron chi connectivity index (χ0n) is 11.2. The van der Waals surface area contributed by atoms with Crippen molar-refractivity contribution in [3.8, 4) is 0 Å². The molecule has 0 unspecified atom stereocenters. The van der Waals surface area contributed by atoms with Gasteiger partial charge in [-0.15, -0.1) is 0 Å². The number of benzene rings is 1. The van der Waals surface area contributed by atoms with E-state index in [9.17, 15) is 0 Å². The van der Waals surface area contributed by atoms with Gasteiger partial charge in [-0.2, -0.15) is 0 Å². The van der Waals surface area contributed by atoms with Crippen LogP contribution in [0.1, 0.15) is 58.1 Å². The third-order valence-corrected chi connectivity index (χ3v) is 3.24. The Morgan fingerprint density at radius 3 is 2.12 bits per heavy atom. The molecule has 0 heterocycles. The largest absolute Gasteiger partial charge is 0.0783 e. The summed E-state index contributed by atoms with van der Waals surface area (Å²) in [6.45, 7) is 11.2. The molecule has 0 aromatic heterocycles. The van der Waals surface area contributed by atoms with Crippen LogP contribution in [0.3, 0.4) is 0 Å². The van der Waals surface area contributed by atoms with Gasteiger partial charge in [0, 0.05) is 0 Å². The van der Waals surface area contributed by atoms with Gasteiger partial charge in [-0.1, -0.05) is 71.0 Å². The van der Waals surface area contributed by atoms with Gasteiger partial charge >= 0.3 is 0 Å².